The normalized spacial score (nSPS) is 10.2. The zero-order valence-corrected chi connectivity index (χ0v) is 12.5. The van der Waals surface area contributed by atoms with Crippen LogP contribution in [-0.2, 0) is 0 Å². The highest BCUT2D eigenvalue weighted by atomic mass is 16.1. The van der Waals surface area contributed by atoms with E-state index in [-0.39, 0.29) is 5.91 Å². The van der Waals surface area contributed by atoms with Gasteiger partial charge in [0.05, 0.1) is 11.9 Å². The van der Waals surface area contributed by atoms with Gasteiger partial charge in [-0.2, -0.15) is 0 Å². The van der Waals surface area contributed by atoms with Gasteiger partial charge < -0.3 is 10.2 Å². The maximum absolute atomic E-state index is 12.0. The Bertz CT molecular complexity index is 566. The molecule has 0 aliphatic rings. The number of amides is 1. The van der Waals surface area contributed by atoms with Gasteiger partial charge in [0, 0.05) is 19.2 Å². The van der Waals surface area contributed by atoms with Crippen LogP contribution >= 0.6 is 0 Å². The fourth-order valence-corrected chi connectivity index (χ4v) is 1.99. The summed E-state index contributed by atoms with van der Waals surface area (Å²) in [5, 5.41) is 2.80. The van der Waals surface area contributed by atoms with Crippen LogP contribution in [-0.4, -0.2) is 24.5 Å². The van der Waals surface area contributed by atoms with Crippen LogP contribution in [0.15, 0.2) is 48.7 Å². The van der Waals surface area contributed by atoms with Crippen LogP contribution in [0.5, 0.6) is 0 Å². The summed E-state index contributed by atoms with van der Waals surface area (Å²) in [5.74, 6) is 0.423. The van der Waals surface area contributed by atoms with Gasteiger partial charge in [0.25, 0.3) is 5.91 Å². The molecule has 0 aliphatic carbocycles. The van der Waals surface area contributed by atoms with Gasteiger partial charge >= 0.3 is 0 Å². The molecular formula is C17H21N3O. The summed E-state index contributed by atoms with van der Waals surface area (Å²) in [6, 6.07) is 12.9. The van der Waals surface area contributed by atoms with Gasteiger partial charge in [-0.05, 0) is 30.7 Å². The average molecular weight is 283 g/mol. The largest absolute Gasteiger partial charge is 0.373 e. The van der Waals surface area contributed by atoms with Gasteiger partial charge in [0.2, 0.25) is 0 Å². The molecule has 0 unspecified atom stereocenters. The van der Waals surface area contributed by atoms with Crippen molar-refractivity contribution in [2.75, 3.05) is 23.8 Å². The van der Waals surface area contributed by atoms with Crippen LogP contribution in [0.3, 0.4) is 0 Å². The highest BCUT2D eigenvalue weighted by molar-refractivity contribution is 6.03. The number of nitrogens with one attached hydrogen (secondary N) is 1. The molecule has 0 saturated heterocycles. The van der Waals surface area contributed by atoms with Gasteiger partial charge in [-0.25, -0.2) is 4.98 Å². The van der Waals surface area contributed by atoms with Crippen molar-refractivity contribution >= 4 is 17.4 Å². The fraction of sp³-hybridized carbons (Fsp3) is 0.294. The molecule has 0 saturated carbocycles. The van der Waals surface area contributed by atoms with Crippen LogP contribution < -0.4 is 10.2 Å². The van der Waals surface area contributed by atoms with Crippen molar-refractivity contribution in [2.45, 2.75) is 19.8 Å². The van der Waals surface area contributed by atoms with E-state index in [0.29, 0.717) is 11.4 Å². The highest BCUT2D eigenvalue weighted by Crippen LogP contribution is 2.15. The lowest BCUT2D eigenvalue weighted by molar-refractivity contribution is 0.102. The molecule has 0 fully saturated rings. The van der Waals surface area contributed by atoms with Gasteiger partial charge in [-0.3, -0.25) is 4.79 Å². The van der Waals surface area contributed by atoms with Crippen molar-refractivity contribution in [2.24, 2.45) is 0 Å². The summed E-state index contributed by atoms with van der Waals surface area (Å²) in [4.78, 5) is 18.5. The topological polar surface area (TPSA) is 45.2 Å². The first kappa shape index (κ1) is 15.0. The molecule has 21 heavy (non-hydrogen) atoms. The third kappa shape index (κ3) is 4.31. The molecule has 2 aromatic rings. The Kier molecular flexibility index (Phi) is 5.32. The molecule has 0 bridgehead atoms. The third-order valence-electron chi connectivity index (χ3n) is 3.31. The number of carbonyl (C=O) groups is 1. The molecular weight excluding hydrogens is 262 g/mol. The van der Waals surface area contributed by atoms with Gasteiger partial charge in [0.1, 0.15) is 5.82 Å². The number of anilines is 2. The average Bonchev–Trinajstić information content (AvgIpc) is 2.54. The molecule has 1 amide bonds. The highest BCUT2D eigenvalue weighted by Gasteiger charge is 2.06. The van der Waals surface area contributed by atoms with E-state index in [1.54, 1.807) is 18.3 Å². The summed E-state index contributed by atoms with van der Waals surface area (Å²) < 4.78 is 0. The Morgan fingerprint density at radius 1 is 1.19 bits per heavy atom. The lowest BCUT2D eigenvalue weighted by atomic mass is 10.2. The lowest BCUT2D eigenvalue weighted by Crippen LogP contribution is -2.18. The SMILES string of the molecule is CCCCN(C)c1ccc(NC(=O)c2ccccc2)nc1. The summed E-state index contributed by atoms with van der Waals surface area (Å²) in [7, 11) is 2.05. The van der Waals surface area contributed by atoms with Crippen LogP contribution in [0.1, 0.15) is 30.1 Å². The maximum Gasteiger partial charge on any atom is 0.256 e. The molecule has 0 spiro atoms. The number of nitrogens with zero attached hydrogens (tertiary/aromatic N) is 2. The molecule has 4 heteroatoms. The Balaban J connectivity index is 1.98. The van der Waals surface area contributed by atoms with E-state index < -0.39 is 0 Å². The van der Waals surface area contributed by atoms with Crippen molar-refractivity contribution in [1.29, 1.82) is 0 Å². The van der Waals surface area contributed by atoms with E-state index in [1.807, 2.05) is 30.3 Å². The van der Waals surface area contributed by atoms with Crippen molar-refractivity contribution in [3.05, 3.63) is 54.2 Å². The second kappa shape index (κ2) is 7.43. The van der Waals surface area contributed by atoms with E-state index in [4.69, 9.17) is 0 Å². The molecule has 1 heterocycles. The van der Waals surface area contributed by atoms with Crippen LogP contribution in [0.4, 0.5) is 11.5 Å². The fourth-order valence-electron chi connectivity index (χ4n) is 1.99. The number of hydrogen-bond acceptors (Lipinski definition) is 3. The van der Waals surface area contributed by atoms with E-state index in [1.165, 1.54) is 6.42 Å². The second-order valence-electron chi connectivity index (χ2n) is 5.00. The summed E-state index contributed by atoms with van der Waals surface area (Å²) in [6.45, 7) is 3.18. The number of hydrogen-bond donors (Lipinski definition) is 1. The van der Waals surface area contributed by atoms with Crippen molar-refractivity contribution < 1.29 is 4.79 Å². The van der Waals surface area contributed by atoms with Gasteiger partial charge in [0.15, 0.2) is 0 Å². The minimum Gasteiger partial charge on any atom is -0.373 e. The maximum atomic E-state index is 12.0. The molecule has 1 aromatic carbocycles. The molecule has 0 atom stereocenters. The van der Waals surface area contributed by atoms with Gasteiger partial charge in [-0.1, -0.05) is 31.5 Å². The number of carbonyl (C=O) groups excluding carboxylic acids is 1. The molecule has 1 aromatic heterocycles. The first-order valence-electron chi connectivity index (χ1n) is 7.24. The number of unbranched alkanes of at least 4 members (excludes halogenated alkanes) is 1. The Morgan fingerprint density at radius 2 is 1.95 bits per heavy atom. The third-order valence-corrected chi connectivity index (χ3v) is 3.31. The van der Waals surface area contributed by atoms with Crippen LogP contribution in [0, 0.1) is 0 Å². The predicted octanol–water partition coefficient (Wildman–Crippen LogP) is 3.57. The molecule has 2 rings (SSSR count). The monoisotopic (exact) mass is 283 g/mol. The van der Waals surface area contributed by atoms with Crippen molar-refractivity contribution in [3.63, 3.8) is 0 Å². The zero-order valence-electron chi connectivity index (χ0n) is 12.5. The number of aromatic nitrogens is 1. The first-order valence-corrected chi connectivity index (χ1v) is 7.24. The summed E-state index contributed by atoms with van der Waals surface area (Å²) >= 11 is 0. The number of rotatable bonds is 6. The Hall–Kier alpha value is -2.36. The molecule has 110 valence electrons. The van der Waals surface area contributed by atoms with E-state index in [2.05, 4.69) is 29.2 Å². The van der Waals surface area contributed by atoms with Crippen LogP contribution in [0.2, 0.25) is 0 Å². The first-order chi connectivity index (χ1) is 10.2. The molecule has 4 nitrogen and oxygen atoms in total. The molecule has 1 N–H and O–H groups in total. The molecule has 0 radical (unpaired) electrons. The van der Waals surface area contributed by atoms with E-state index in [9.17, 15) is 4.79 Å². The zero-order chi connectivity index (χ0) is 15.1. The Labute approximate surface area is 125 Å². The second-order valence-corrected chi connectivity index (χ2v) is 5.00. The predicted molar refractivity (Wildman–Crippen MR) is 86.8 cm³/mol. The number of pyridine rings is 1. The van der Waals surface area contributed by atoms with Gasteiger partial charge in [-0.15, -0.1) is 0 Å². The Morgan fingerprint density at radius 3 is 2.57 bits per heavy atom. The lowest BCUT2D eigenvalue weighted by Gasteiger charge is -2.18. The number of benzene rings is 1. The summed E-state index contributed by atoms with van der Waals surface area (Å²) in [6.07, 6.45) is 4.11. The minimum absolute atomic E-state index is 0.143. The van der Waals surface area contributed by atoms with Crippen LogP contribution in [0.25, 0.3) is 0 Å². The molecule has 0 aliphatic heterocycles. The summed E-state index contributed by atoms with van der Waals surface area (Å²) in [5.41, 5.74) is 1.68. The van der Waals surface area contributed by atoms with E-state index in [0.717, 1.165) is 18.7 Å². The van der Waals surface area contributed by atoms with Crippen molar-refractivity contribution in [1.82, 2.24) is 4.98 Å². The van der Waals surface area contributed by atoms with Crippen molar-refractivity contribution in [3.8, 4) is 0 Å². The quantitative estimate of drug-likeness (QED) is 0.881. The standard InChI is InChI=1S/C17H21N3O/c1-3-4-12-20(2)15-10-11-16(18-13-15)19-17(21)14-8-6-5-7-9-14/h5-11,13H,3-4,12H2,1-2H3,(H,18,19,21). The van der Waals surface area contributed by atoms with E-state index >= 15 is 0 Å². The smallest absolute Gasteiger partial charge is 0.256 e. The minimum atomic E-state index is -0.143.